The monoisotopic (exact) mass is 303 g/mol. The molecule has 0 atom stereocenters. The van der Waals surface area contributed by atoms with E-state index in [1.165, 1.54) is 4.90 Å². The minimum absolute atomic E-state index is 0.107. The molecular weight excluding hydrogens is 290 g/mol. The highest BCUT2D eigenvalue weighted by molar-refractivity contribution is 6.33. The van der Waals surface area contributed by atoms with Crippen LogP contribution in [0.4, 0.5) is 4.79 Å². The third kappa shape index (κ3) is 2.81. The number of halogens is 1. The molecule has 1 amide bonds. The second-order valence-electron chi connectivity index (χ2n) is 4.90. The second kappa shape index (κ2) is 5.66. The number of likely N-dealkylation sites (tertiary alicyclic amines) is 1. The van der Waals surface area contributed by atoms with Crippen LogP contribution in [0.3, 0.4) is 0 Å². The zero-order valence-electron chi connectivity index (χ0n) is 11.2. The lowest BCUT2D eigenvalue weighted by Crippen LogP contribution is -2.55. The number of ether oxygens (including phenoxy) is 1. The summed E-state index contributed by atoms with van der Waals surface area (Å²) in [4.78, 5) is 12.1. The summed E-state index contributed by atoms with van der Waals surface area (Å²) >= 11 is 6.24. The Balaban J connectivity index is 1.81. The minimum Gasteiger partial charge on any atom is -0.486 e. The number of nitrogens with zero attached hydrogens (tertiary/aromatic N) is 1. The van der Waals surface area contributed by atoms with E-state index in [-0.39, 0.29) is 6.10 Å². The van der Waals surface area contributed by atoms with Gasteiger partial charge in [0.25, 0.3) is 0 Å². The number of amides is 1. The topological polar surface area (TPSA) is 49.8 Å². The molecule has 21 heavy (non-hydrogen) atoms. The molecule has 3 rings (SSSR count). The lowest BCUT2D eigenvalue weighted by atomic mass is 10.0. The predicted molar refractivity (Wildman–Crippen MR) is 80.9 cm³/mol. The highest BCUT2D eigenvalue weighted by Crippen LogP contribution is 2.35. The molecule has 1 N–H and O–H groups in total. The summed E-state index contributed by atoms with van der Waals surface area (Å²) in [6.07, 6.45) is -1.01. The highest BCUT2D eigenvalue weighted by atomic mass is 35.5. The smallest absolute Gasteiger partial charge is 0.407 e. The first kappa shape index (κ1) is 13.8. The first-order valence-electron chi connectivity index (χ1n) is 6.63. The molecule has 0 spiro atoms. The summed E-state index contributed by atoms with van der Waals surface area (Å²) in [5.74, 6) is 0.723. The Bertz CT molecular complexity index is 668. The minimum atomic E-state index is -0.908. The van der Waals surface area contributed by atoms with Gasteiger partial charge >= 0.3 is 6.09 Å². The van der Waals surface area contributed by atoms with Gasteiger partial charge in [0, 0.05) is 16.1 Å². The molecule has 0 unspecified atom stereocenters. The van der Waals surface area contributed by atoms with Crippen molar-refractivity contribution >= 4 is 17.7 Å². The molecule has 1 heterocycles. The van der Waals surface area contributed by atoms with Crippen LogP contribution in [-0.2, 0) is 0 Å². The van der Waals surface area contributed by atoms with Crippen LogP contribution in [0.25, 0.3) is 11.1 Å². The summed E-state index contributed by atoms with van der Waals surface area (Å²) in [6, 6.07) is 15.2. The highest BCUT2D eigenvalue weighted by Gasteiger charge is 2.32. The molecule has 0 saturated carbocycles. The fourth-order valence-electron chi connectivity index (χ4n) is 2.32. The second-order valence-corrected chi connectivity index (χ2v) is 5.31. The first-order valence-corrected chi connectivity index (χ1v) is 7.01. The maximum absolute atomic E-state index is 10.8. The number of carboxylic acid groups (broad SMARTS) is 1. The zero-order valence-corrected chi connectivity index (χ0v) is 12.0. The van der Waals surface area contributed by atoms with Crippen molar-refractivity contribution in [1.29, 1.82) is 0 Å². The van der Waals surface area contributed by atoms with E-state index < -0.39 is 6.09 Å². The lowest BCUT2D eigenvalue weighted by Gasteiger charge is -2.37. The molecule has 5 heteroatoms. The molecule has 0 radical (unpaired) electrons. The summed E-state index contributed by atoms with van der Waals surface area (Å²) < 4.78 is 5.91. The first-order chi connectivity index (χ1) is 10.1. The van der Waals surface area contributed by atoms with Crippen LogP contribution in [0.2, 0.25) is 5.02 Å². The number of para-hydroxylation sites is 1. The van der Waals surface area contributed by atoms with Gasteiger partial charge < -0.3 is 14.7 Å². The Morgan fingerprint density at radius 1 is 1.10 bits per heavy atom. The molecule has 0 bridgehead atoms. The van der Waals surface area contributed by atoms with Gasteiger partial charge in [0.05, 0.1) is 13.1 Å². The molecule has 0 aromatic heterocycles. The van der Waals surface area contributed by atoms with E-state index >= 15 is 0 Å². The average molecular weight is 304 g/mol. The van der Waals surface area contributed by atoms with E-state index in [2.05, 4.69) is 0 Å². The van der Waals surface area contributed by atoms with Crippen LogP contribution >= 0.6 is 11.6 Å². The van der Waals surface area contributed by atoms with Gasteiger partial charge in [-0.05, 0) is 12.1 Å². The van der Waals surface area contributed by atoms with E-state index in [1.54, 1.807) is 0 Å². The number of hydrogen-bond donors (Lipinski definition) is 1. The van der Waals surface area contributed by atoms with E-state index in [0.717, 1.165) is 16.9 Å². The standard InChI is InChI=1S/C16H14ClNO3/c17-14-7-3-1-5-12(14)13-6-2-4-8-15(13)21-11-9-18(10-11)16(19)20/h1-8,11H,9-10H2,(H,19,20). The van der Waals surface area contributed by atoms with Gasteiger partial charge in [0.1, 0.15) is 11.9 Å². The van der Waals surface area contributed by atoms with Crippen LogP contribution in [0.1, 0.15) is 0 Å². The van der Waals surface area contributed by atoms with Crippen molar-refractivity contribution in [2.24, 2.45) is 0 Å². The van der Waals surface area contributed by atoms with E-state index in [9.17, 15) is 4.79 Å². The van der Waals surface area contributed by atoms with Gasteiger partial charge in [0.2, 0.25) is 0 Å². The Labute approximate surface area is 127 Å². The Hall–Kier alpha value is -2.20. The van der Waals surface area contributed by atoms with Crippen molar-refractivity contribution < 1.29 is 14.6 Å². The summed E-state index contributed by atoms with van der Waals surface area (Å²) in [5, 5.41) is 9.50. The third-order valence-electron chi connectivity index (χ3n) is 3.46. The predicted octanol–water partition coefficient (Wildman–Crippen LogP) is 3.75. The van der Waals surface area contributed by atoms with Gasteiger partial charge in [-0.3, -0.25) is 0 Å². The van der Waals surface area contributed by atoms with Crippen LogP contribution in [0, 0.1) is 0 Å². The van der Waals surface area contributed by atoms with Gasteiger partial charge in [-0.25, -0.2) is 4.79 Å². The normalized spacial score (nSPS) is 14.6. The summed E-state index contributed by atoms with van der Waals surface area (Å²) in [6.45, 7) is 0.790. The fraction of sp³-hybridized carbons (Fsp3) is 0.188. The molecule has 1 aliphatic rings. The zero-order chi connectivity index (χ0) is 14.8. The van der Waals surface area contributed by atoms with Crippen molar-refractivity contribution in [3.05, 3.63) is 53.6 Å². The van der Waals surface area contributed by atoms with Crippen LogP contribution in [0.5, 0.6) is 5.75 Å². The maximum atomic E-state index is 10.8. The van der Waals surface area contributed by atoms with E-state index in [0.29, 0.717) is 18.1 Å². The fourth-order valence-corrected chi connectivity index (χ4v) is 2.56. The number of hydrogen-bond acceptors (Lipinski definition) is 2. The number of rotatable bonds is 3. The Kier molecular flexibility index (Phi) is 3.71. The van der Waals surface area contributed by atoms with Crippen molar-refractivity contribution in [3.8, 4) is 16.9 Å². The van der Waals surface area contributed by atoms with Gasteiger partial charge in [-0.15, -0.1) is 0 Å². The largest absolute Gasteiger partial charge is 0.486 e. The van der Waals surface area contributed by atoms with Crippen LogP contribution in [-0.4, -0.2) is 35.3 Å². The van der Waals surface area contributed by atoms with Gasteiger partial charge in [0.15, 0.2) is 0 Å². The molecule has 2 aromatic carbocycles. The average Bonchev–Trinajstić information content (AvgIpc) is 2.43. The maximum Gasteiger partial charge on any atom is 0.407 e. The number of carbonyl (C=O) groups is 1. The molecule has 4 nitrogen and oxygen atoms in total. The SMILES string of the molecule is O=C(O)N1CC(Oc2ccccc2-c2ccccc2Cl)C1. The quantitative estimate of drug-likeness (QED) is 0.939. The molecule has 108 valence electrons. The molecule has 2 aromatic rings. The molecule has 1 saturated heterocycles. The molecule has 1 aliphatic heterocycles. The van der Waals surface area contributed by atoms with Crippen molar-refractivity contribution in [3.63, 3.8) is 0 Å². The van der Waals surface area contributed by atoms with E-state index in [4.69, 9.17) is 21.4 Å². The summed E-state index contributed by atoms with van der Waals surface area (Å²) in [5.41, 5.74) is 1.82. The molecule has 1 fully saturated rings. The Morgan fingerprint density at radius 2 is 1.71 bits per heavy atom. The number of benzene rings is 2. The van der Waals surface area contributed by atoms with Crippen LogP contribution < -0.4 is 4.74 Å². The third-order valence-corrected chi connectivity index (χ3v) is 3.79. The van der Waals surface area contributed by atoms with Crippen molar-refractivity contribution in [2.45, 2.75) is 6.10 Å². The van der Waals surface area contributed by atoms with Crippen molar-refractivity contribution in [2.75, 3.05) is 13.1 Å². The molecular formula is C16H14ClNO3. The summed E-state index contributed by atoms with van der Waals surface area (Å²) in [7, 11) is 0. The van der Waals surface area contributed by atoms with Crippen molar-refractivity contribution in [1.82, 2.24) is 4.90 Å². The van der Waals surface area contributed by atoms with Crippen LogP contribution in [0.15, 0.2) is 48.5 Å². The van der Waals surface area contributed by atoms with E-state index in [1.807, 2.05) is 48.5 Å². The molecule has 0 aliphatic carbocycles. The van der Waals surface area contributed by atoms with Gasteiger partial charge in [-0.2, -0.15) is 0 Å². The van der Waals surface area contributed by atoms with Gasteiger partial charge in [-0.1, -0.05) is 48.0 Å². The lowest BCUT2D eigenvalue weighted by molar-refractivity contribution is 0.0255. The Morgan fingerprint density at radius 3 is 2.38 bits per heavy atom.